The molecule has 0 bridgehead atoms. The van der Waals surface area contributed by atoms with E-state index in [1.807, 2.05) is 21.9 Å². The smallest absolute Gasteiger partial charge is 0.150 e. The van der Waals surface area contributed by atoms with E-state index < -0.39 is 23.3 Å². The molecule has 0 fully saturated rings. The first kappa shape index (κ1) is 49.9. The van der Waals surface area contributed by atoms with Gasteiger partial charge in [0, 0.05) is 34.3 Å². The van der Waals surface area contributed by atoms with Crippen molar-refractivity contribution in [1.29, 1.82) is 0 Å². The lowest BCUT2D eigenvalue weighted by molar-refractivity contribution is 0.583. The predicted octanol–water partition coefficient (Wildman–Crippen LogP) is 21.2. The molecule has 382 valence electrons. The molecule has 78 heavy (non-hydrogen) atoms. The Bertz CT molecular complexity index is 3880. The molecule has 0 saturated carbocycles. The number of nitrogens with zero attached hydrogens (tertiary/aromatic N) is 2. The zero-order valence-electron chi connectivity index (χ0n) is 44.9. The summed E-state index contributed by atoms with van der Waals surface area (Å²) < 4.78 is 64.0. The zero-order chi connectivity index (χ0) is 54.3. The molecule has 6 heteroatoms. The molecule has 12 aromatic rings. The Morgan fingerprint density at radius 2 is 0.538 bits per heavy atom. The van der Waals surface area contributed by atoms with Gasteiger partial charge in [-0.15, -0.1) is 0 Å². The summed E-state index contributed by atoms with van der Waals surface area (Å²) in [7, 11) is 0. The van der Waals surface area contributed by atoms with Crippen LogP contribution in [0.4, 0.5) is 51.7 Å². The normalized spacial score (nSPS) is 11.6. The molecule has 0 saturated heterocycles. The van der Waals surface area contributed by atoms with Gasteiger partial charge in [-0.05, 0) is 239 Å². The van der Waals surface area contributed by atoms with Crippen LogP contribution in [0.5, 0.6) is 0 Å². The highest BCUT2D eigenvalue weighted by atomic mass is 19.1. The van der Waals surface area contributed by atoms with Crippen molar-refractivity contribution in [2.45, 2.75) is 55.4 Å². The molecule has 0 N–H and O–H groups in total. The highest BCUT2D eigenvalue weighted by Gasteiger charge is 2.27. The Balaban J connectivity index is 1.15. The Morgan fingerprint density at radius 1 is 0.269 bits per heavy atom. The van der Waals surface area contributed by atoms with E-state index in [2.05, 4.69) is 201 Å². The average molecular weight is 1030 g/mol. The van der Waals surface area contributed by atoms with Crippen LogP contribution in [0.25, 0.3) is 76.8 Å². The van der Waals surface area contributed by atoms with E-state index in [4.69, 9.17) is 0 Å². The molecule has 0 aliphatic carbocycles. The molecule has 0 radical (unpaired) electrons. The number of rotatable bonds is 10. The van der Waals surface area contributed by atoms with Crippen molar-refractivity contribution in [3.8, 4) is 44.5 Å². The molecule has 0 aliphatic rings. The van der Waals surface area contributed by atoms with E-state index in [0.29, 0.717) is 22.7 Å². The summed E-state index contributed by atoms with van der Waals surface area (Å²) in [6.45, 7) is 16.9. The minimum atomic E-state index is -0.713. The lowest BCUT2D eigenvalue weighted by Gasteiger charge is -2.31. The summed E-state index contributed by atoms with van der Waals surface area (Å²) in [5.74, 6) is -2.78. The molecule has 0 spiro atoms. The second-order valence-electron chi connectivity index (χ2n) is 21.1. The number of benzene rings is 12. The van der Waals surface area contributed by atoms with E-state index in [-0.39, 0.29) is 11.4 Å². The molecule has 0 amide bonds. The van der Waals surface area contributed by atoms with Crippen molar-refractivity contribution in [2.75, 3.05) is 9.80 Å². The second kappa shape index (κ2) is 19.5. The first-order valence-electron chi connectivity index (χ1n) is 26.4. The quantitative estimate of drug-likeness (QED) is 0.0995. The minimum Gasteiger partial charge on any atom is -0.307 e. The molecular weight excluding hydrogens is 969 g/mol. The molecule has 0 heterocycles. The van der Waals surface area contributed by atoms with Crippen LogP contribution in [-0.2, 0) is 0 Å². The number of hydrogen-bond acceptors (Lipinski definition) is 2. The standard InChI is InChI=1S/C72H56F4N2/c1-41-13-9-14-42(2)67(41)51-33-52(68-43(3)15-10-16-44(68)4)36-57(35-51)77(65-31-25-55(73)39-61(65)75)63-29-23-49-22-28-60-64(30-24-50-21-27-59(63)71(49)72(50)60)78(66-32-26-56(74)40-62(66)76)58-37-53(69-45(5)17-11-18-46(69)6)34-54(38-58)70-47(7)19-12-20-48(70)8/h9-40H,1-8H3. The highest BCUT2D eigenvalue weighted by molar-refractivity contribution is 6.28. The summed E-state index contributed by atoms with van der Waals surface area (Å²) in [6, 6.07) is 62.0. The van der Waals surface area contributed by atoms with Gasteiger partial charge < -0.3 is 9.80 Å². The third-order valence-corrected chi connectivity index (χ3v) is 15.8. The van der Waals surface area contributed by atoms with E-state index in [1.54, 1.807) is 0 Å². The lowest BCUT2D eigenvalue weighted by Crippen LogP contribution is -2.14. The highest BCUT2D eigenvalue weighted by Crippen LogP contribution is 2.51. The van der Waals surface area contributed by atoms with E-state index in [0.717, 1.165) is 133 Å². The molecule has 0 atom stereocenters. The molecule has 12 aromatic carbocycles. The molecule has 12 rings (SSSR count). The maximum atomic E-state index is 16.9. The van der Waals surface area contributed by atoms with Crippen LogP contribution in [0, 0.1) is 78.7 Å². The molecule has 0 aliphatic heterocycles. The van der Waals surface area contributed by atoms with Crippen molar-refractivity contribution in [3.63, 3.8) is 0 Å². The summed E-state index contributed by atoms with van der Waals surface area (Å²) in [5, 5.41) is 5.36. The number of hydrogen-bond donors (Lipinski definition) is 0. The Hall–Kier alpha value is -9.00. The van der Waals surface area contributed by atoms with Crippen LogP contribution in [0.3, 0.4) is 0 Å². The van der Waals surface area contributed by atoms with E-state index >= 15 is 17.6 Å². The van der Waals surface area contributed by atoms with Gasteiger partial charge in [0.1, 0.15) is 23.3 Å². The number of aryl methyl sites for hydroxylation is 8. The van der Waals surface area contributed by atoms with Gasteiger partial charge in [-0.1, -0.05) is 109 Å². The fourth-order valence-electron chi connectivity index (χ4n) is 12.4. The molecule has 2 nitrogen and oxygen atoms in total. The van der Waals surface area contributed by atoms with Crippen LogP contribution in [-0.4, -0.2) is 0 Å². The maximum absolute atomic E-state index is 16.9. The molecule has 0 unspecified atom stereocenters. The first-order valence-corrected chi connectivity index (χ1v) is 26.4. The van der Waals surface area contributed by atoms with Gasteiger partial charge in [0.05, 0.1) is 22.7 Å². The van der Waals surface area contributed by atoms with Crippen molar-refractivity contribution in [3.05, 3.63) is 262 Å². The average Bonchev–Trinajstić information content (AvgIpc) is 3.58. The summed E-state index contributed by atoms with van der Waals surface area (Å²) >= 11 is 0. The van der Waals surface area contributed by atoms with Crippen LogP contribution in [0.15, 0.2) is 194 Å². The first-order chi connectivity index (χ1) is 37.6. The SMILES string of the molecule is Cc1cccc(C)c1-c1cc(-c2c(C)cccc2C)cc(N(c2ccc(F)cc2F)c2ccc3ccc4c(N(c5cc(-c6c(C)cccc6C)cc(-c6c(C)cccc6C)c5)c5ccc(F)cc5F)ccc5ccc2c3c54)c1. The third-order valence-electron chi connectivity index (χ3n) is 15.8. The monoisotopic (exact) mass is 1020 g/mol. The van der Waals surface area contributed by atoms with Gasteiger partial charge in [-0.2, -0.15) is 0 Å². The van der Waals surface area contributed by atoms with Crippen LogP contribution < -0.4 is 9.80 Å². The van der Waals surface area contributed by atoms with Gasteiger partial charge in [-0.3, -0.25) is 0 Å². The summed E-state index contributed by atoms with van der Waals surface area (Å²) in [6.07, 6.45) is 0. The zero-order valence-corrected chi connectivity index (χ0v) is 44.9. The van der Waals surface area contributed by atoms with Crippen molar-refractivity contribution in [2.24, 2.45) is 0 Å². The van der Waals surface area contributed by atoms with E-state index in [1.165, 1.54) is 24.3 Å². The topological polar surface area (TPSA) is 6.48 Å². The largest absolute Gasteiger partial charge is 0.307 e. The van der Waals surface area contributed by atoms with Gasteiger partial charge in [0.2, 0.25) is 0 Å². The molecule has 0 aromatic heterocycles. The van der Waals surface area contributed by atoms with Gasteiger partial charge >= 0.3 is 0 Å². The van der Waals surface area contributed by atoms with Crippen LogP contribution in [0.1, 0.15) is 44.5 Å². The predicted molar refractivity (Wildman–Crippen MR) is 319 cm³/mol. The Kier molecular flexibility index (Phi) is 12.5. The fraction of sp³-hybridized carbons (Fsp3) is 0.111. The lowest BCUT2D eigenvalue weighted by atomic mass is 9.89. The van der Waals surface area contributed by atoms with E-state index in [9.17, 15) is 0 Å². The molecular formula is C72H56F4N2. The Morgan fingerprint density at radius 3 is 0.821 bits per heavy atom. The van der Waals surface area contributed by atoms with Crippen molar-refractivity contribution in [1.82, 2.24) is 0 Å². The van der Waals surface area contributed by atoms with Crippen LogP contribution in [0.2, 0.25) is 0 Å². The second-order valence-corrected chi connectivity index (χ2v) is 21.1. The van der Waals surface area contributed by atoms with Gasteiger partial charge in [0.25, 0.3) is 0 Å². The number of halogens is 4. The minimum absolute atomic E-state index is 0.180. The Labute approximate surface area is 453 Å². The summed E-state index contributed by atoms with van der Waals surface area (Å²) in [5.41, 5.74) is 20.1. The fourth-order valence-corrected chi connectivity index (χ4v) is 12.4. The third kappa shape index (κ3) is 8.53. The maximum Gasteiger partial charge on any atom is 0.150 e. The van der Waals surface area contributed by atoms with Gasteiger partial charge in [-0.25, -0.2) is 17.6 Å². The van der Waals surface area contributed by atoms with Crippen molar-refractivity contribution < 1.29 is 17.6 Å². The number of anilines is 6. The van der Waals surface area contributed by atoms with Crippen LogP contribution >= 0.6 is 0 Å². The van der Waals surface area contributed by atoms with Crippen molar-refractivity contribution >= 4 is 66.4 Å². The van der Waals surface area contributed by atoms with Gasteiger partial charge in [0.15, 0.2) is 0 Å². The summed E-state index contributed by atoms with van der Waals surface area (Å²) in [4.78, 5) is 3.84.